The van der Waals surface area contributed by atoms with Gasteiger partial charge in [0.25, 0.3) is 11.7 Å². The van der Waals surface area contributed by atoms with Crippen LogP contribution in [0.25, 0.3) is 5.76 Å². The first-order valence-corrected chi connectivity index (χ1v) is 11.3. The maximum Gasteiger partial charge on any atom is 0.295 e. The molecule has 1 heterocycles. The lowest BCUT2D eigenvalue weighted by molar-refractivity contribution is -0.140. The molecule has 0 saturated carbocycles. The van der Waals surface area contributed by atoms with E-state index in [4.69, 9.17) is 0 Å². The first-order valence-electron chi connectivity index (χ1n) is 11.3. The highest BCUT2D eigenvalue weighted by Gasteiger charge is 2.45. The van der Waals surface area contributed by atoms with Crippen molar-refractivity contribution in [1.29, 1.82) is 0 Å². The molecule has 2 aromatic carbocycles. The van der Waals surface area contributed by atoms with E-state index >= 15 is 0 Å². The molecule has 1 atom stereocenters. The quantitative estimate of drug-likeness (QED) is 0.353. The zero-order valence-corrected chi connectivity index (χ0v) is 19.7. The van der Waals surface area contributed by atoms with Gasteiger partial charge in [0.05, 0.1) is 11.6 Å². The second kappa shape index (κ2) is 10.6. The summed E-state index contributed by atoms with van der Waals surface area (Å²) in [6.45, 7) is 7.20. The summed E-state index contributed by atoms with van der Waals surface area (Å²) >= 11 is 0. The molecular formula is C26H32FN3O3. The van der Waals surface area contributed by atoms with Gasteiger partial charge in [-0.25, -0.2) is 4.39 Å². The van der Waals surface area contributed by atoms with Gasteiger partial charge in [0.15, 0.2) is 0 Å². The summed E-state index contributed by atoms with van der Waals surface area (Å²) < 4.78 is 13.4. The molecule has 0 radical (unpaired) electrons. The minimum Gasteiger partial charge on any atom is -0.507 e. The van der Waals surface area contributed by atoms with Crippen LogP contribution >= 0.6 is 0 Å². The summed E-state index contributed by atoms with van der Waals surface area (Å²) in [5, 5.41) is 11.0. The molecule has 0 bridgehead atoms. The predicted molar refractivity (Wildman–Crippen MR) is 129 cm³/mol. The van der Waals surface area contributed by atoms with Gasteiger partial charge in [0.2, 0.25) is 0 Å². The first kappa shape index (κ1) is 24.5. The van der Waals surface area contributed by atoms with Crippen LogP contribution in [-0.4, -0.2) is 66.9 Å². The van der Waals surface area contributed by atoms with Crippen LogP contribution in [0.5, 0.6) is 0 Å². The van der Waals surface area contributed by atoms with E-state index in [1.165, 1.54) is 24.3 Å². The SMILES string of the molecule is CCN(CC)CCCN1C(=O)C(=O)C(=C(O)c2ccc(F)cc2)C1c1ccc(N(C)C)cc1. The Hall–Kier alpha value is -3.19. The maximum atomic E-state index is 13.4. The Morgan fingerprint density at radius 1 is 1.00 bits per heavy atom. The van der Waals surface area contributed by atoms with E-state index < -0.39 is 23.5 Å². The first-order chi connectivity index (χ1) is 15.8. The third kappa shape index (κ3) is 5.25. The fraction of sp³-hybridized carbons (Fsp3) is 0.385. The van der Waals surface area contributed by atoms with Crippen molar-refractivity contribution in [2.24, 2.45) is 0 Å². The number of benzene rings is 2. The van der Waals surface area contributed by atoms with Gasteiger partial charge in [0.1, 0.15) is 11.6 Å². The van der Waals surface area contributed by atoms with Crippen molar-refractivity contribution in [3.63, 3.8) is 0 Å². The highest BCUT2D eigenvalue weighted by atomic mass is 19.1. The van der Waals surface area contributed by atoms with Gasteiger partial charge < -0.3 is 19.8 Å². The Morgan fingerprint density at radius 3 is 2.15 bits per heavy atom. The molecule has 0 aromatic heterocycles. The molecule has 1 aliphatic rings. The highest BCUT2D eigenvalue weighted by molar-refractivity contribution is 6.46. The number of nitrogens with zero attached hydrogens (tertiary/aromatic N) is 3. The fourth-order valence-electron chi connectivity index (χ4n) is 4.18. The van der Waals surface area contributed by atoms with Gasteiger partial charge in [-0.2, -0.15) is 0 Å². The van der Waals surface area contributed by atoms with E-state index in [1.807, 2.05) is 43.3 Å². The smallest absolute Gasteiger partial charge is 0.295 e. The van der Waals surface area contributed by atoms with Crippen molar-refractivity contribution in [2.75, 3.05) is 45.2 Å². The number of likely N-dealkylation sites (tertiary alicyclic amines) is 1. The van der Waals surface area contributed by atoms with Crippen molar-refractivity contribution < 1.29 is 19.1 Å². The molecule has 0 spiro atoms. The van der Waals surface area contributed by atoms with Crippen LogP contribution in [0.4, 0.5) is 10.1 Å². The molecule has 33 heavy (non-hydrogen) atoms. The van der Waals surface area contributed by atoms with Crippen LogP contribution < -0.4 is 4.90 Å². The Kier molecular flexibility index (Phi) is 7.87. The normalized spacial score (nSPS) is 17.8. The van der Waals surface area contributed by atoms with Crippen molar-refractivity contribution in [3.8, 4) is 0 Å². The third-order valence-electron chi connectivity index (χ3n) is 6.15. The predicted octanol–water partition coefficient (Wildman–Crippen LogP) is 4.05. The number of amides is 1. The fourth-order valence-corrected chi connectivity index (χ4v) is 4.18. The summed E-state index contributed by atoms with van der Waals surface area (Å²) in [6, 6.07) is 12.1. The van der Waals surface area contributed by atoms with Gasteiger partial charge in [-0.05, 0) is 68.0 Å². The van der Waals surface area contributed by atoms with Gasteiger partial charge in [0, 0.05) is 31.9 Å². The van der Waals surface area contributed by atoms with Crippen molar-refractivity contribution in [2.45, 2.75) is 26.3 Å². The molecule has 6 nitrogen and oxygen atoms in total. The average Bonchev–Trinajstić information content (AvgIpc) is 3.07. The summed E-state index contributed by atoms with van der Waals surface area (Å²) in [5.41, 5.74) is 2.06. The standard InChI is InChI=1S/C26H32FN3O3/c1-5-29(6-2)16-7-17-30-23(18-10-14-21(15-11-18)28(3)4)22(25(32)26(30)33)24(31)19-8-12-20(27)13-9-19/h8-15,23,31H,5-7,16-17H2,1-4H3. The number of carbonyl (C=O) groups is 2. The maximum absolute atomic E-state index is 13.4. The largest absolute Gasteiger partial charge is 0.507 e. The van der Waals surface area contributed by atoms with Crippen LogP contribution in [0.15, 0.2) is 54.1 Å². The molecule has 1 fully saturated rings. The van der Waals surface area contributed by atoms with Crippen LogP contribution in [0.2, 0.25) is 0 Å². The number of aliphatic hydroxyl groups is 1. The number of hydrogen-bond donors (Lipinski definition) is 1. The minimum atomic E-state index is -0.721. The molecule has 1 unspecified atom stereocenters. The van der Waals surface area contributed by atoms with Crippen LogP contribution in [-0.2, 0) is 9.59 Å². The van der Waals surface area contributed by atoms with Gasteiger partial charge in [-0.1, -0.05) is 26.0 Å². The third-order valence-corrected chi connectivity index (χ3v) is 6.15. The van der Waals surface area contributed by atoms with E-state index in [0.717, 1.165) is 30.9 Å². The van der Waals surface area contributed by atoms with Gasteiger partial charge in [-0.15, -0.1) is 0 Å². The summed E-state index contributed by atoms with van der Waals surface area (Å²) in [6.07, 6.45) is 0.706. The van der Waals surface area contributed by atoms with E-state index in [1.54, 1.807) is 4.90 Å². The number of anilines is 1. The molecule has 1 amide bonds. The molecule has 3 rings (SSSR count). The molecule has 1 aliphatic heterocycles. The number of aliphatic hydroxyl groups excluding tert-OH is 1. The molecule has 0 aliphatic carbocycles. The van der Waals surface area contributed by atoms with Crippen molar-refractivity contribution in [3.05, 3.63) is 71.0 Å². The molecule has 2 aromatic rings. The van der Waals surface area contributed by atoms with E-state index in [-0.39, 0.29) is 11.3 Å². The van der Waals surface area contributed by atoms with Gasteiger partial charge in [-0.3, -0.25) is 9.59 Å². The van der Waals surface area contributed by atoms with E-state index in [0.29, 0.717) is 18.5 Å². The highest BCUT2D eigenvalue weighted by Crippen LogP contribution is 2.39. The number of rotatable bonds is 9. The zero-order valence-electron chi connectivity index (χ0n) is 19.7. The monoisotopic (exact) mass is 453 g/mol. The Bertz CT molecular complexity index is 1010. The Morgan fingerprint density at radius 2 is 1.61 bits per heavy atom. The van der Waals surface area contributed by atoms with Crippen molar-refractivity contribution in [1.82, 2.24) is 9.80 Å². The molecule has 1 saturated heterocycles. The summed E-state index contributed by atoms with van der Waals surface area (Å²) in [5.74, 6) is -2.08. The number of halogens is 1. The summed E-state index contributed by atoms with van der Waals surface area (Å²) in [4.78, 5) is 31.9. The van der Waals surface area contributed by atoms with Crippen LogP contribution in [0.1, 0.15) is 37.4 Å². The topological polar surface area (TPSA) is 64.1 Å². The number of hydrogen-bond acceptors (Lipinski definition) is 5. The van der Waals surface area contributed by atoms with Crippen LogP contribution in [0, 0.1) is 5.82 Å². The Labute approximate surface area is 194 Å². The lowest BCUT2D eigenvalue weighted by atomic mass is 9.95. The van der Waals surface area contributed by atoms with Crippen LogP contribution in [0.3, 0.4) is 0 Å². The lowest BCUT2D eigenvalue weighted by Gasteiger charge is -2.27. The number of Topliss-reactive ketones (excluding diaryl/α,β-unsaturated/α-hetero) is 1. The molecule has 176 valence electrons. The zero-order chi connectivity index (χ0) is 24.1. The van der Waals surface area contributed by atoms with E-state index in [2.05, 4.69) is 18.7 Å². The second-order valence-corrected chi connectivity index (χ2v) is 8.37. The number of carbonyl (C=O) groups excluding carboxylic acids is 2. The molecule has 1 N–H and O–H groups in total. The Balaban J connectivity index is 2.03. The van der Waals surface area contributed by atoms with E-state index in [9.17, 15) is 19.1 Å². The second-order valence-electron chi connectivity index (χ2n) is 8.37. The minimum absolute atomic E-state index is 0.0343. The lowest BCUT2D eigenvalue weighted by Crippen LogP contribution is -2.33. The van der Waals surface area contributed by atoms with Crippen molar-refractivity contribution >= 4 is 23.1 Å². The average molecular weight is 454 g/mol. The summed E-state index contributed by atoms with van der Waals surface area (Å²) in [7, 11) is 3.87. The molecule has 7 heteroatoms. The van der Waals surface area contributed by atoms with Gasteiger partial charge >= 0.3 is 0 Å². The molecular weight excluding hydrogens is 421 g/mol. The number of ketones is 1.